The SMILES string of the molecule is Clc1nnc2ccc(N3CCN(C(c4ccccc4)c4ccccc4)CC3)nn12. The van der Waals surface area contributed by atoms with E-state index < -0.39 is 0 Å². The zero-order valence-corrected chi connectivity index (χ0v) is 16.7. The molecule has 1 aliphatic heterocycles. The second-order valence-corrected chi connectivity index (χ2v) is 7.52. The number of piperazine rings is 1. The molecule has 0 amide bonds. The number of anilines is 1. The van der Waals surface area contributed by atoms with E-state index in [0.29, 0.717) is 5.65 Å². The van der Waals surface area contributed by atoms with Gasteiger partial charge in [-0.3, -0.25) is 4.90 Å². The Morgan fingerprint density at radius 3 is 1.97 bits per heavy atom. The third-order valence-electron chi connectivity index (χ3n) is 5.44. The summed E-state index contributed by atoms with van der Waals surface area (Å²) in [5, 5.41) is 12.8. The summed E-state index contributed by atoms with van der Waals surface area (Å²) in [5.41, 5.74) is 3.30. The van der Waals surface area contributed by atoms with E-state index in [2.05, 4.69) is 85.8 Å². The topological polar surface area (TPSA) is 49.6 Å². The van der Waals surface area contributed by atoms with E-state index in [1.165, 1.54) is 11.1 Å². The minimum atomic E-state index is 0.252. The van der Waals surface area contributed by atoms with Crippen LogP contribution < -0.4 is 4.90 Å². The molecule has 4 aromatic rings. The van der Waals surface area contributed by atoms with E-state index >= 15 is 0 Å². The van der Waals surface area contributed by atoms with Crippen molar-refractivity contribution in [3.8, 4) is 0 Å². The lowest BCUT2D eigenvalue weighted by Gasteiger charge is -2.40. The number of hydrogen-bond acceptors (Lipinski definition) is 5. The summed E-state index contributed by atoms with van der Waals surface area (Å²) in [5.74, 6) is 0.898. The van der Waals surface area contributed by atoms with Crippen molar-refractivity contribution in [2.75, 3.05) is 31.1 Å². The molecule has 3 heterocycles. The van der Waals surface area contributed by atoms with Crippen LogP contribution >= 0.6 is 11.6 Å². The summed E-state index contributed by atoms with van der Waals surface area (Å²) in [6.07, 6.45) is 0. The normalized spacial score (nSPS) is 15.3. The fourth-order valence-electron chi connectivity index (χ4n) is 4.02. The third-order valence-corrected chi connectivity index (χ3v) is 5.68. The lowest BCUT2D eigenvalue weighted by Crippen LogP contribution is -2.48. The summed E-state index contributed by atoms with van der Waals surface area (Å²) in [6, 6.07) is 25.6. The van der Waals surface area contributed by atoms with Gasteiger partial charge in [0.05, 0.1) is 6.04 Å². The Labute approximate surface area is 174 Å². The van der Waals surface area contributed by atoms with Crippen molar-refractivity contribution in [2.45, 2.75) is 6.04 Å². The van der Waals surface area contributed by atoms with E-state index in [4.69, 9.17) is 11.6 Å². The first-order valence-electron chi connectivity index (χ1n) is 9.76. The first-order valence-corrected chi connectivity index (χ1v) is 10.1. The maximum absolute atomic E-state index is 6.08. The van der Waals surface area contributed by atoms with Crippen LogP contribution in [0.1, 0.15) is 17.2 Å². The Hall–Kier alpha value is -2.96. The van der Waals surface area contributed by atoms with Crippen LogP contribution in [0.25, 0.3) is 5.65 Å². The maximum Gasteiger partial charge on any atom is 0.246 e. The van der Waals surface area contributed by atoms with Crippen molar-refractivity contribution in [3.63, 3.8) is 0 Å². The molecule has 2 aromatic carbocycles. The Morgan fingerprint density at radius 1 is 0.724 bits per heavy atom. The van der Waals surface area contributed by atoms with Gasteiger partial charge in [0.2, 0.25) is 5.28 Å². The second-order valence-electron chi connectivity index (χ2n) is 7.18. The number of nitrogens with zero attached hydrogens (tertiary/aromatic N) is 6. The first-order chi connectivity index (χ1) is 14.3. The monoisotopic (exact) mass is 404 g/mol. The molecule has 7 heteroatoms. The van der Waals surface area contributed by atoms with Gasteiger partial charge in [0.15, 0.2) is 5.65 Å². The highest BCUT2D eigenvalue weighted by Gasteiger charge is 2.27. The Morgan fingerprint density at radius 2 is 1.34 bits per heavy atom. The number of aromatic nitrogens is 4. The lowest BCUT2D eigenvalue weighted by molar-refractivity contribution is 0.212. The van der Waals surface area contributed by atoms with Gasteiger partial charge in [-0.1, -0.05) is 60.7 Å². The van der Waals surface area contributed by atoms with Gasteiger partial charge >= 0.3 is 0 Å². The lowest BCUT2D eigenvalue weighted by atomic mass is 9.96. The molecule has 0 atom stereocenters. The molecule has 0 unspecified atom stereocenters. The van der Waals surface area contributed by atoms with Gasteiger partial charge in [-0.2, -0.15) is 4.52 Å². The Kier molecular flexibility index (Phi) is 4.87. The van der Waals surface area contributed by atoms with Gasteiger partial charge in [0.1, 0.15) is 5.82 Å². The van der Waals surface area contributed by atoms with Gasteiger partial charge in [0, 0.05) is 26.2 Å². The molecule has 5 rings (SSSR count). The van der Waals surface area contributed by atoms with Gasteiger partial charge in [-0.15, -0.1) is 15.3 Å². The van der Waals surface area contributed by atoms with Crippen LogP contribution in [-0.4, -0.2) is 50.9 Å². The molecule has 1 fully saturated rings. The molecule has 1 saturated heterocycles. The quantitative estimate of drug-likeness (QED) is 0.519. The van der Waals surface area contributed by atoms with Crippen molar-refractivity contribution in [1.82, 2.24) is 24.7 Å². The molecule has 1 aliphatic rings. The first kappa shape index (κ1) is 18.1. The minimum absolute atomic E-state index is 0.252. The van der Waals surface area contributed by atoms with Crippen molar-refractivity contribution in [2.24, 2.45) is 0 Å². The number of hydrogen-bond donors (Lipinski definition) is 0. The standard InChI is InChI=1S/C22H21ClN6/c23-22-25-24-19-11-12-20(26-29(19)22)27-13-15-28(16-14-27)21(17-7-3-1-4-8-17)18-9-5-2-6-10-18/h1-12,21H,13-16H2. The van der Waals surface area contributed by atoms with E-state index in [-0.39, 0.29) is 11.3 Å². The number of benzene rings is 2. The fraction of sp³-hybridized carbons (Fsp3) is 0.227. The molecule has 0 aliphatic carbocycles. The van der Waals surface area contributed by atoms with Crippen LogP contribution in [0, 0.1) is 0 Å². The van der Waals surface area contributed by atoms with E-state index in [9.17, 15) is 0 Å². The van der Waals surface area contributed by atoms with E-state index in [1.807, 2.05) is 12.1 Å². The molecule has 146 valence electrons. The smallest absolute Gasteiger partial charge is 0.246 e. The number of halogens is 1. The molecule has 0 bridgehead atoms. The van der Waals surface area contributed by atoms with Crippen molar-refractivity contribution in [1.29, 1.82) is 0 Å². The zero-order valence-electron chi connectivity index (χ0n) is 15.9. The van der Waals surface area contributed by atoms with Crippen molar-refractivity contribution < 1.29 is 0 Å². The van der Waals surface area contributed by atoms with Crippen LogP contribution in [0.15, 0.2) is 72.8 Å². The fourth-order valence-corrected chi connectivity index (χ4v) is 4.18. The summed E-state index contributed by atoms with van der Waals surface area (Å²) in [6.45, 7) is 3.69. The molecular formula is C22H21ClN6. The van der Waals surface area contributed by atoms with Gasteiger partial charge in [-0.05, 0) is 34.9 Å². The molecule has 2 aromatic heterocycles. The summed E-state index contributed by atoms with van der Waals surface area (Å²) in [7, 11) is 0. The van der Waals surface area contributed by atoms with Crippen LogP contribution in [0.4, 0.5) is 5.82 Å². The summed E-state index contributed by atoms with van der Waals surface area (Å²) >= 11 is 6.08. The van der Waals surface area contributed by atoms with Crippen molar-refractivity contribution in [3.05, 3.63) is 89.2 Å². The van der Waals surface area contributed by atoms with Crippen molar-refractivity contribution >= 4 is 23.1 Å². The second kappa shape index (κ2) is 7.81. The highest BCUT2D eigenvalue weighted by atomic mass is 35.5. The predicted molar refractivity (Wildman–Crippen MR) is 114 cm³/mol. The number of rotatable bonds is 4. The Bertz CT molecular complexity index is 1050. The van der Waals surface area contributed by atoms with Crippen LogP contribution in [-0.2, 0) is 0 Å². The molecule has 6 nitrogen and oxygen atoms in total. The predicted octanol–water partition coefficient (Wildman–Crippen LogP) is 3.69. The number of fused-ring (bicyclic) bond motifs is 1. The molecule has 29 heavy (non-hydrogen) atoms. The average molecular weight is 405 g/mol. The third kappa shape index (κ3) is 3.57. The highest BCUT2D eigenvalue weighted by molar-refractivity contribution is 6.28. The van der Waals surface area contributed by atoms with Gasteiger partial charge in [0.25, 0.3) is 0 Å². The average Bonchev–Trinajstić information content (AvgIpc) is 3.16. The summed E-state index contributed by atoms with van der Waals surface area (Å²) in [4.78, 5) is 4.84. The highest BCUT2D eigenvalue weighted by Crippen LogP contribution is 2.30. The largest absolute Gasteiger partial charge is 0.353 e. The Balaban J connectivity index is 1.38. The van der Waals surface area contributed by atoms with E-state index in [0.717, 1.165) is 32.0 Å². The van der Waals surface area contributed by atoms with Gasteiger partial charge in [-0.25, -0.2) is 0 Å². The molecule has 0 saturated carbocycles. The maximum atomic E-state index is 6.08. The van der Waals surface area contributed by atoms with Crippen LogP contribution in [0.5, 0.6) is 0 Å². The van der Waals surface area contributed by atoms with Gasteiger partial charge < -0.3 is 4.90 Å². The zero-order chi connectivity index (χ0) is 19.6. The molecule has 0 radical (unpaired) electrons. The molecule has 0 spiro atoms. The van der Waals surface area contributed by atoms with Crippen LogP contribution in [0.2, 0.25) is 5.28 Å². The summed E-state index contributed by atoms with van der Waals surface area (Å²) < 4.78 is 1.58. The minimum Gasteiger partial charge on any atom is -0.353 e. The van der Waals surface area contributed by atoms with E-state index in [1.54, 1.807) is 4.52 Å². The molecule has 0 N–H and O–H groups in total. The molecular weight excluding hydrogens is 384 g/mol. The van der Waals surface area contributed by atoms with Crippen LogP contribution in [0.3, 0.4) is 0 Å².